The molecular formula is C8H14ClNO2. The molecule has 0 amide bonds. The van der Waals surface area contributed by atoms with Crippen molar-refractivity contribution in [3.8, 4) is 0 Å². The summed E-state index contributed by atoms with van der Waals surface area (Å²) >= 11 is 0. The molecule has 0 heterocycles. The summed E-state index contributed by atoms with van der Waals surface area (Å²) in [7, 11) is 0. The van der Waals surface area contributed by atoms with Crippen molar-refractivity contribution in [3.63, 3.8) is 0 Å². The first-order valence-electron chi connectivity index (χ1n) is 4.12. The van der Waals surface area contributed by atoms with E-state index in [1.807, 2.05) is 0 Å². The molecule has 2 rings (SSSR count). The minimum absolute atomic E-state index is 0. The first-order valence-corrected chi connectivity index (χ1v) is 4.12. The summed E-state index contributed by atoms with van der Waals surface area (Å²) in [4.78, 5) is 10.5. The summed E-state index contributed by atoms with van der Waals surface area (Å²) in [6.45, 7) is 0. The Hall–Kier alpha value is -0.280. The lowest BCUT2D eigenvalue weighted by atomic mass is 9.49. The second-order valence-electron chi connectivity index (χ2n) is 3.95. The molecule has 3 N–H and O–H groups in total. The number of rotatable bonds is 1. The van der Waals surface area contributed by atoms with Gasteiger partial charge in [-0.15, -0.1) is 12.4 Å². The number of carboxylic acid groups (broad SMARTS) is 1. The van der Waals surface area contributed by atoms with E-state index in [0.29, 0.717) is 0 Å². The Morgan fingerprint density at radius 2 is 2.08 bits per heavy atom. The van der Waals surface area contributed by atoms with Crippen LogP contribution in [-0.4, -0.2) is 17.1 Å². The van der Waals surface area contributed by atoms with Crippen LogP contribution in [0.5, 0.6) is 0 Å². The van der Waals surface area contributed by atoms with Gasteiger partial charge < -0.3 is 10.8 Å². The van der Waals surface area contributed by atoms with Gasteiger partial charge in [-0.3, -0.25) is 4.79 Å². The van der Waals surface area contributed by atoms with E-state index in [1.165, 1.54) is 0 Å². The van der Waals surface area contributed by atoms with Gasteiger partial charge in [-0.2, -0.15) is 0 Å². The van der Waals surface area contributed by atoms with Crippen molar-refractivity contribution in [2.24, 2.45) is 17.1 Å². The number of aliphatic carboxylic acids is 1. The van der Waals surface area contributed by atoms with Crippen molar-refractivity contribution in [3.05, 3.63) is 0 Å². The van der Waals surface area contributed by atoms with Crippen molar-refractivity contribution in [1.29, 1.82) is 0 Å². The SMILES string of the molecule is Cl.N[C@H]1CCC12CC(C(=O)O)C2. The Kier molecular flexibility index (Phi) is 2.36. The standard InChI is InChI=1S/C8H13NO2.ClH/c9-6-1-2-8(6)3-5(4-8)7(10)11;/h5-6H,1-4,9H2,(H,10,11);1H/t5?,6-,8?;/m0./s1. The van der Waals surface area contributed by atoms with Crippen LogP contribution in [0.3, 0.4) is 0 Å². The van der Waals surface area contributed by atoms with E-state index in [2.05, 4.69) is 0 Å². The van der Waals surface area contributed by atoms with Crippen LogP contribution in [0.25, 0.3) is 0 Å². The zero-order valence-electron chi connectivity index (χ0n) is 6.82. The molecule has 0 aromatic carbocycles. The van der Waals surface area contributed by atoms with E-state index in [0.717, 1.165) is 25.7 Å². The van der Waals surface area contributed by atoms with Crippen LogP contribution < -0.4 is 5.73 Å². The lowest BCUT2D eigenvalue weighted by Crippen LogP contribution is -2.59. The summed E-state index contributed by atoms with van der Waals surface area (Å²) in [5.41, 5.74) is 6.04. The highest BCUT2D eigenvalue weighted by Gasteiger charge is 2.55. The van der Waals surface area contributed by atoms with Crippen molar-refractivity contribution >= 4 is 18.4 Å². The molecule has 0 saturated heterocycles. The molecule has 2 aliphatic carbocycles. The van der Waals surface area contributed by atoms with Crippen LogP contribution >= 0.6 is 12.4 Å². The van der Waals surface area contributed by atoms with Gasteiger partial charge in [-0.05, 0) is 31.1 Å². The topological polar surface area (TPSA) is 63.3 Å². The highest BCUT2D eigenvalue weighted by Crippen LogP contribution is 2.57. The van der Waals surface area contributed by atoms with Gasteiger partial charge >= 0.3 is 5.97 Å². The average Bonchev–Trinajstić information content (AvgIpc) is 1.81. The van der Waals surface area contributed by atoms with Gasteiger partial charge in [0, 0.05) is 6.04 Å². The molecule has 2 fully saturated rings. The zero-order chi connectivity index (χ0) is 8.06. The molecule has 2 saturated carbocycles. The molecule has 0 unspecified atom stereocenters. The first kappa shape index (κ1) is 9.81. The van der Waals surface area contributed by atoms with Gasteiger partial charge in [-0.1, -0.05) is 0 Å². The highest BCUT2D eigenvalue weighted by atomic mass is 35.5. The van der Waals surface area contributed by atoms with Crippen molar-refractivity contribution < 1.29 is 9.90 Å². The van der Waals surface area contributed by atoms with Crippen molar-refractivity contribution in [2.45, 2.75) is 31.7 Å². The highest BCUT2D eigenvalue weighted by molar-refractivity contribution is 5.85. The normalized spacial score (nSPS) is 44.1. The first-order chi connectivity index (χ1) is 5.14. The molecule has 0 aromatic rings. The fourth-order valence-electron chi connectivity index (χ4n) is 2.32. The second-order valence-corrected chi connectivity index (χ2v) is 3.95. The molecule has 0 aliphatic heterocycles. The Morgan fingerprint density at radius 1 is 1.50 bits per heavy atom. The molecule has 1 spiro atoms. The number of carbonyl (C=O) groups is 1. The summed E-state index contributed by atoms with van der Waals surface area (Å²) in [6, 6.07) is 0.290. The van der Waals surface area contributed by atoms with E-state index < -0.39 is 5.97 Å². The molecule has 0 radical (unpaired) electrons. The summed E-state index contributed by atoms with van der Waals surface area (Å²) in [6.07, 6.45) is 3.89. The van der Waals surface area contributed by atoms with E-state index in [9.17, 15) is 4.79 Å². The predicted molar refractivity (Wildman–Crippen MR) is 47.3 cm³/mol. The molecule has 0 aromatic heterocycles. The van der Waals surface area contributed by atoms with Gasteiger partial charge in [-0.25, -0.2) is 0 Å². The lowest BCUT2D eigenvalue weighted by molar-refractivity contribution is -0.155. The third kappa shape index (κ3) is 1.12. The Morgan fingerprint density at radius 3 is 2.33 bits per heavy atom. The number of hydrogen-bond donors (Lipinski definition) is 2. The van der Waals surface area contributed by atoms with Gasteiger partial charge in [0.15, 0.2) is 0 Å². The van der Waals surface area contributed by atoms with Crippen LogP contribution in [0, 0.1) is 11.3 Å². The number of carboxylic acids is 1. The fraction of sp³-hybridized carbons (Fsp3) is 0.875. The summed E-state index contributed by atoms with van der Waals surface area (Å²) in [5, 5.41) is 8.63. The monoisotopic (exact) mass is 191 g/mol. The third-order valence-corrected chi connectivity index (χ3v) is 3.39. The molecule has 12 heavy (non-hydrogen) atoms. The number of hydrogen-bond acceptors (Lipinski definition) is 2. The van der Waals surface area contributed by atoms with Crippen LogP contribution in [0.4, 0.5) is 0 Å². The quantitative estimate of drug-likeness (QED) is 0.650. The largest absolute Gasteiger partial charge is 0.481 e. The van der Waals surface area contributed by atoms with Gasteiger partial charge in [0.2, 0.25) is 0 Å². The Labute approximate surface area is 77.7 Å². The Bertz CT molecular complexity index is 201. The van der Waals surface area contributed by atoms with Crippen LogP contribution in [0.1, 0.15) is 25.7 Å². The molecule has 0 bridgehead atoms. The van der Waals surface area contributed by atoms with Gasteiger partial charge in [0.25, 0.3) is 0 Å². The molecule has 70 valence electrons. The maximum atomic E-state index is 10.5. The van der Waals surface area contributed by atoms with Crippen molar-refractivity contribution in [2.75, 3.05) is 0 Å². The fourth-order valence-corrected chi connectivity index (χ4v) is 2.32. The second kappa shape index (κ2) is 2.89. The third-order valence-electron chi connectivity index (χ3n) is 3.39. The van der Waals surface area contributed by atoms with E-state index >= 15 is 0 Å². The molecule has 1 atom stereocenters. The Balaban J connectivity index is 0.000000720. The van der Waals surface area contributed by atoms with E-state index in [1.54, 1.807) is 0 Å². The number of halogens is 1. The smallest absolute Gasteiger partial charge is 0.306 e. The van der Waals surface area contributed by atoms with Crippen molar-refractivity contribution in [1.82, 2.24) is 0 Å². The summed E-state index contributed by atoms with van der Waals surface area (Å²) < 4.78 is 0. The van der Waals surface area contributed by atoms with Gasteiger partial charge in [0.1, 0.15) is 0 Å². The summed E-state index contributed by atoms with van der Waals surface area (Å²) in [5.74, 6) is -0.740. The maximum absolute atomic E-state index is 10.5. The predicted octanol–water partition coefficient (Wildman–Crippen LogP) is 1.01. The molecule has 2 aliphatic rings. The zero-order valence-corrected chi connectivity index (χ0v) is 7.64. The minimum atomic E-state index is -0.644. The lowest BCUT2D eigenvalue weighted by Gasteiger charge is -2.57. The molecule has 4 heteroatoms. The van der Waals surface area contributed by atoms with E-state index in [-0.39, 0.29) is 29.8 Å². The van der Waals surface area contributed by atoms with Crippen LogP contribution in [-0.2, 0) is 4.79 Å². The molecule has 3 nitrogen and oxygen atoms in total. The molecular weight excluding hydrogens is 178 g/mol. The maximum Gasteiger partial charge on any atom is 0.306 e. The number of nitrogens with two attached hydrogens (primary N) is 1. The van der Waals surface area contributed by atoms with Crippen LogP contribution in [0.15, 0.2) is 0 Å². The minimum Gasteiger partial charge on any atom is -0.481 e. The average molecular weight is 192 g/mol. The van der Waals surface area contributed by atoms with E-state index in [4.69, 9.17) is 10.8 Å². The van der Waals surface area contributed by atoms with Gasteiger partial charge in [0.05, 0.1) is 5.92 Å². The van der Waals surface area contributed by atoms with Crippen LogP contribution in [0.2, 0.25) is 0 Å².